The van der Waals surface area contributed by atoms with Crippen molar-refractivity contribution in [2.45, 2.75) is 64.7 Å². The zero-order valence-corrected chi connectivity index (χ0v) is 33.8. The number of fused-ring (bicyclic) bond motifs is 7. The summed E-state index contributed by atoms with van der Waals surface area (Å²) in [5.74, 6) is 0.697. The quantitative estimate of drug-likeness (QED) is 0.145. The third-order valence-corrected chi connectivity index (χ3v) is 12.2. The van der Waals surface area contributed by atoms with Crippen molar-refractivity contribution in [2.24, 2.45) is 0 Å². The lowest BCUT2D eigenvalue weighted by Crippen LogP contribution is -2.17. The Balaban J connectivity index is 1.28. The fourth-order valence-electron chi connectivity index (χ4n) is 9.07. The standard InChI is InChI=1S/C54H45N3O/c1-33(2)37-17-19-40(20-18-37)50(39-15-11-35(31-55)12-16-39)47-30-46-44-28-27-43(29-48(44)54(5,6)52(46)51-45-9-7-8-10-49(45)58-53(47)51)57(41-23-13-36(32-56)14-24-41)42-25-21-38(22-26-42)34(3)4/h7-30,33-34,50H,1-6H3. The van der Waals surface area contributed by atoms with Crippen molar-refractivity contribution in [3.63, 3.8) is 0 Å². The number of hydrogen-bond acceptors (Lipinski definition) is 4. The molecule has 7 aromatic carbocycles. The van der Waals surface area contributed by atoms with Gasteiger partial charge >= 0.3 is 0 Å². The third-order valence-electron chi connectivity index (χ3n) is 12.2. The van der Waals surface area contributed by atoms with Gasteiger partial charge in [-0.25, -0.2) is 0 Å². The van der Waals surface area contributed by atoms with Gasteiger partial charge in [-0.05, 0) is 129 Å². The second-order valence-corrected chi connectivity index (χ2v) is 16.8. The maximum atomic E-state index is 9.71. The third kappa shape index (κ3) is 6.05. The Morgan fingerprint density at radius 3 is 1.64 bits per heavy atom. The summed E-state index contributed by atoms with van der Waals surface area (Å²) in [6.45, 7) is 13.6. The van der Waals surface area contributed by atoms with Crippen LogP contribution in [0.1, 0.15) is 109 Å². The molecule has 1 unspecified atom stereocenters. The summed E-state index contributed by atoms with van der Waals surface area (Å²) in [5, 5.41) is 21.6. The van der Waals surface area contributed by atoms with E-state index in [0.717, 1.165) is 50.1 Å². The summed E-state index contributed by atoms with van der Waals surface area (Å²) in [6, 6.07) is 56.0. The number of rotatable bonds is 8. The first-order chi connectivity index (χ1) is 28.1. The van der Waals surface area contributed by atoms with E-state index in [2.05, 4.69) is 162 Å². The first kappa shape index (κ1) is 36.7. The molecule has 0 spiro atoms. The molecular formula is C54H45N3O. The van der Waals surface area contributed by atoms with Crippen LogP contribution in [-0.4, -0.2) is 0 Å². The summed E-state index contributed by atoms with van der Waals surface area (Å²) >= 11 is 0. The highest BCUT2D eigenvalue weighted by atomic mass is 16.3. The predicted molar refractivity (Wildman–Crippen MR) is 237 cm³/mol. The molecule has 0 bridgehead atoms. The van der Waals surface area contributed by atoms with Crippen LogP contribution in [0.2, 0.25) is 0 Å². The molecule has 1 aliphatic rings. The van der Waals surface area contributed by atoms with Crippen LogP contribution < -0.4 is 4.90 Å². The molecule has 1 heterocycles. The summed E-state index contributed by atoms with van der Waals surface area (Å²) in [5.41, 5.74) is 16.7. The average Bonchev–Trinajstić information content (AvgIpc) is 3.73. The lowest BCUT2D eigenvalue weighted by molar-refractivity contribution is 0.652. The van der Waals surface area contributed by atoms with Crippen LogP contribution in [0.15, 0.2) is 150 Å². The van der Waals surface area contributed by atoms with Gasteiger partial charge in [0.2, 0.25) is 0 Å². The van der Waals surface area contributed by atoms with E-state index in [-0.39, 0.29) is 11.3 Å². The Morgan fingerprint density at radius 2 is 1.05 bits per heavy atom. The molecule has 9 rings (SSSR count). The van der Waals surface area contributed by atoms with Crippen molar-refractivity contribution >= 4 is 39.0 Å². The van der Waals surface area contributed by atoms with Gasteiger partial charge in [-0.15, -0.1) is 0 Å². The average molecular weight is 752 g/mol. The monoisotopic (exact) mass is 751 g/mol. The molecule has 4 nitrogen and oxygen atoms in total. The lowest BCUT2D eigenvalue weighted by Gasteiger charge is -2.28. The van der Waals surface area contributed by atoms with Crippen molar-refractivity contribution in [3.05, 3.63) is 196 Å². The number of nitrogens with zero attached hydrogens (tertiary/aromatic N) is 3. The van der Waals surface area contributed by atoms with E-state index in [4.69, 9.17) is 4.42 Å². The van der Waals surface area contributed by atoms with Gasteiger partial charge in [0.25, 0.3) is 0 Å². The lowest BCUT2D eigenvalue weighted by atomic mass is 9.77. The van der Waals surface area contributed by atoms with E-state index in [1.165, 1.54) is 38.9 Å². The molecule has 0 N–H and O–H groups in total. The Bertz CT molecular complexity index is 2920. The maximum Gasteiger partial charge on any atom is 0.139 e. The molecule has 0 saturated heterocycles. The molecule has 0 amide bonds. The molecule has 4 heteroatoms. The van der Waals surface area contributed by atoms with Crippen LogP contribution in [0, 0.1) is 22.7 Å². The van der Waals surface area contributed by atoms with Crippen molar-refractivity contribution in [1.29, 1.82) is 10.5 Å². The second kappa shape index (κ2) is 14.3. The highest BCUT2D eigenvalue weighted by Gasteiger charge is 2.40. The van der Waals surface area contributed by atoms with E-state index in [0.29, 0.717) is 23.0 Å². The Hall–Kier alpha value is -6.88. The molecular weight excluding hydrogens is 707 g/mol. The fourth-order valence-corrected chi connectivity index (χ4v) is 9.07. The largest absolute Gasteiger partial charge is 0.456 e. The maximum absolute atomic E-state index is 9.71. The van der Waals surface area contributed by atoms with Crippen LogP contribution >= 0.6 is 0 Å². The van der Waals surface area contributed by atoms with E-state index in [9.17, 15) is 10.5 Å². The van der Waals surface area contributed by atoms with Crippen molar-refractivity contribution in [1.82, 2.24) is 0 Å². The Morgan fingerprint density at radius 1 is 0.552 bits per heavy atom. The molecule has 1 aliphatic carbocycles. The number of anilines is 3. The molecule has 0 fully saturated rings. The van der Waals surface area contributed by atoms with Gasteiger partial charge in [-0.1, -0.05) is 114 Å². The first-order valence-corrected chi connectivity index (χ1v) is 20.2. The van der Waals surface area contributed by atoms with Crippen LogP contribution in [0.25, 0.3) is 33.1 Å². The molecule has 0 radical (unpaired) electrons. The van der Waals surface area contributed by atoms with E-state index in [1.54, 1.807) is 0 Å². The molecule has 1 aromatic heterocycles. The Labute approximate surface area is 341 Å². The van der Waals surface area contributed by atoms with E-state index < -0.39 is 0 Å². The molecule has 0 aliphatic heterocycles. The van der Waals surface area contributed by atoms with Crippen LogP contribution in [0.5, 0.6) is 0 Å². The van der Waals surface area contributed by atoms with Gasteiger partial charge in [-0.3, -0.25) is 0 Å². The van der Waals surface area contributed by atoms with Gasteiger partial charge in [-0.2, -0.15) is 10.5 Å². The summed E-state index contributed by atoms with van der Waals surface area (Å²) < 4.78 is 6.97. The van der Waals surface area contributed by atoms with Crippen molar-refractivity contribution in [3.8, 4) is 23.3 Å². The van der Waals surface area contributed by atoms with Gasteiger partial charge in [0.1, 0.15) is 11.2 Å². The van der Waals surface area contributed by atoms with Gasteiger partial charge in [0, 0.05) is 44.7 Å². The minimum Gasteiger partial charge on any atom is -0.456 e. The summed E-state index contributed by atoms with van der Waals surface area (Å²) in [4.78, 5) is 2.29. The van der Waals surface area contributed by atoms with Crippen molar-refractivity contribution < 1.29 is 4.42 Å². The molecule has 0 saturated carbocycles. The normalized spacial score (nSPS) is 13.3. The summed E-state index contributed by atoms with van der Waals surface area (Å²) in [7, 11) is 0. The topological polar surface area (TPSA) is 64.0 Å². The minimum absolute atomic E-state index is 0.144. The van der Waals surface area contributed by atoms with Gasteiger partial charge < -0.3 is 9.32 Å². The number of furan rings is 1. The molecule has 8 aromatic rings. The number of nitriles is 2. The molecule has 282 valence electrons. The number of hydrogen-bond donors (Lipinski definition) is 0. The van der Waals surface area contributed by atoms with Crippen LogP contribution in [-0.2, 0) is 5.41 Å². The minimum atomic E-state index is -0.370. The number of para-hydroxylation sites is 1. The summed E-state index contributed by atoms with van der Waals surface area (Å²) in [6.07, 6.45) is 0. The molecule has 58 heavy (non-hydrogen) atoms. The van der Waals surface area contributed by atoms with E-state index >= 15 is 0 Å². The number of benzene rings is 7. The zero-order valence-electron chi connectivity index (χ0n) is 33.8. The van der Waals surface area contributed by atoms with E-state index in [1.807, 2.05) is 42.5 Å². The zero-order chi connectivity index (χ0) is 40.3. The highest BCUT2D eigenvalue weighted by Crippen LogP contribution is 2.56. The first-order valence-electron chi connectivity index (χ1n) is 20.2. The highest BCUT2D eigenvalue weighted by molar-refractivity contribution is 6.12. The Kier molecular flexibility index (Phi) is 9.03. The smallest absolute Gasteiger partial charge is 0.139 e. The van der Waals surface area contributed by atoms with Crippen LogP contribution in [0.4, 0.5) is 17.1 Å². The van der Waals surface area contributed by atoms with Gasteiger partial charge in [0.15, 0.2) is 0 Å². The van der Waals surface area contributed by atoms with Gasteiger partial charge in [0.05, 0.1) is 23.3 Å². The predicted octanol–water partition coefficient (Wildman–Crippen LogP) is 14.5. The SMILES string of the molecule is CC(C)c1ccc(C(c2ccc(C#N)cc2)c2cc3c(c4c2oc2ccccc24)C(C)(C)c2cc(N(c4ccc(C#N)cc4)c4ccc(C(C)C)cc4)ccc2-3)cc1. The molecule has 1 atom stereocenters. The van der Waals surface area contributed by atoms with Crippen molar-refractivity contribution in [2.75, 3.05) is 4.90 Å². The fraction of sp³-hybridized carbons (Fsp3) is 0.185. The second-order valence-electron chi connectivity index (χ2n) is 16.8. The van der Waals surface area contributed by atoms with Crippen LogP contribution in [0.3, 0.4) is 0 Å².